The third-order valence-corrected chi connectivity index (χ3v) is 4.78. The van der Waals surface area contributed by atoms with Crippen molar-refractivity contribution in [1.82, 2.24) is 9.80 Å². The Morgan fingerprint density at radius 3 is 1.97 bits per heavy atom. The number of ether oxygens (including phenoxy) is 2. The van der Waals surface area contributed by atoms with E-state index in [1.165, 1.54) is 6.07 Å². The van der Waals surface area contributed by atoms with Crippen molar-refractivity contribution < 1.29 is 22.6 Å². The molecule has 0 aromatic heterocycles. The third kappa shape index (κ3) is 9.00. The highest BCUT2D eigenvalue weighted by Crippen LogP contribution is 2.26. The van der Waals surface area contributed by atoms with Crippen molar-refractivity contribution in [2.24, 2.45) is 0 Å². The first-order valence-corrected chi connectivity index (χ1v) is 9.46. The lowest BCUT2D eigenvalue weighted by Gasteiger charge is -2.34. The van der Waals surface area contributed by atoms with Gasteiger partial charge in [-0.2, -0.15) is 0 Å². The lowest BCUT2D eigenvalue weighted by atomic mass is 10.1. The van der Waals surface area contributed by atoms with Crippen LogP contribution in [0.3, 0.4) is 0 Å². The minimum atomic E-state index is -4.66. The normalized spacial score (nSPS) is 15.0. The maximum absolute atomic E-state index is 12.5. The van der Waals surface area contributed by atoms with E-state index in [1.54, 1.807) is 18.2 Å². The van der Waals surface area contributed by atoms with Gasteiger partial charge in [0.1, 0.15) is 18.1 Å². The van der Waals surface area contributed by atoms with Crippen LogP contribution in [0.1, 0.15) is 5.56 Å². The molecule has 0 radical (unpaired) electrons. The average Bonchev–Trinajstić information content (AvgIpc) is 2.68. The lowest BCUT2D eigenvalue weighted by molar-refractivity contribution is -0.274. The lowest BCUT2D eigenvalue weighted by Crippen LogP contribution is -2.47. The van der Waals surface area contributed by atoms with Gasteiger partial charge in [-0.3, -0.25) is 4.90 Å². The minimum Gasteiger partial charge on any atom is -0.492 e. The molecule has 2 aromatic carbocycles. The number of hydrogen-bond donors (Lipinski definition) is 0. The van der Waals surface area contributed by atoms with Crippen LogP contribution in [0.15, 0.2) is 54.6 Å². The number of hydrogen-bond acceptors (Lipinski definition) is 4. The van der Waals surface area contributed by atoms with E-state index < -0.39 is 6.36 Å². The zero-order valence-electron chi connectivity index (χ0n) is 16.5. The van der Waals surface area contributed by atoms with Crippen molar-refractivity contribution in [1.29, 1.82) is 0 Å². The molecule has 1 aliphatic rings. The standard InChI is InChI=1S/C21H25F3N2O2.2ClH/c22-21(23,24)28-20-9-5-4-6-18(20)10-11-25-12-14-26(15-13-25)16-17-27-19-7-2-1-3-8-19;;/h1-9H,10-17H2;2*1H. The molecule has 168 valence electrons. The summed E-state index contributed by atoms with van der Waals surface area (Å²) in [5.74, 6) is 0.771. The van der Waals surface area contributed by atoms with E-state index in [9.17, 15) is 13.2 Å². The monoisotopic (exact) mass is 466 g/mol. The quantitative estimate of drug-likeness (QED) is 0.564. The summed E-state index contributed by atoms with van der Waals surface area (Å²) in [4.78, 5) is 4.62. The first-order valence-electron chi connectivity index (χ1n) is 9.46. The molecule has 0 atom stereocenters. The van der Waals surface area contributed by atoms with Crippen molar-refractivity contribution in [3.05, 3.63) is 60.2 Å². The fraction of sp³-hybridized carbons (Fsp3) is 0.429. The molecule has 3 rings (SSSR count). The molecule has 0 aliphatic carbocycles. The van der Waals surface area contributed by atoms with Gasteiger partial charge in [0, 0.05) is 39.3 Å². The first kappa shape index (κ1) is 26.4. The van der Waals surface area contributed by atoms with Crippen molar-refractivity contribution in [2.75, 3.05) is 45.9 Å². The highest BCUT2D eigenvalue weighted by atomic mass is 35.5. The van der Waals surface area contributed by atoms with Gasteiger partial charge in [0.05, 0.1) is 0 Å². The van der Waals surface area contributed by atoms with E-state index in [-0.39, 0.29) is 30.6 Å². The Morgan fingerprint density at radius 1 is 0.767 bits per heavy atom. The smallest absolute Gasteiger partial charge is 0.492 e. The maximum atomic E-state index is 12.5. The molecule has 0 amide bonds. The van der Waals surface area contributed by atoms with E-state index in [2.05, 4.69) is 14.5 Å². The van der Waals surface area contributed by atoms with Crippen LogP contribution in [0.5, 0.6) is 11.5 Å². The fourth-order valence-corrected chi connectivity index (χ4v) is 3.26. The van der Waals surface area contributed by atoms with Gasteiger partial charge in [0.15, 0.2) is 0 Å². The zero-order chi connectivity index (χ0) is 19.8. The van der Waals surface area contributed by atoms with Gasteiger partial charge in [-0.15, -0.1) is 38.0 Å². The molecule has 2 aromatic rings. The molecule has 4 nitrogen and oxygen atoms in total. The zero-order valence-corrected chi connectivity index (χ0v) is 18.1. The molecular weight excluding hydrogens is 440 g/mol. The molecule has 1 heterocycles. The summed E-state index contributed by atoms with van der Waals surface area (Å²) >= 11 is 0. The highest BCUT2D eigenvalue weighted by Gasteiger charge is 2.32. The summed E-state index contributed by atoms with van der Waals surface area (Å²) in [6.07, 6.45) is -4.13. The van der Waals surface area contributed by atoms with Gasteiger partial charge < -0.3 is 14.4 Å². The number of para-hydroxylation sites is 2. The van der Waals surface area contributed by atoms with E-state index in [1.807, 2.05) is 30.3 Å². The number of rotatable bonds is 8. The topological polar surface area (TPSA) is 24.9 Å². The highest BCUT2D eigenvalue weighted by molar-refractivity contribution is 5.85. The summed E-state index contributed by atoms with van der Waals surface area (Å²) in [6, 6.07) is 16.1. The van der Waals surface area contributed by atoms with Crippen LogP contribution in [-0.2, 0) is 6.42 Å². The van der Waals surface area contributed by atoms with Crippen LogP contribution < -0.4 is 9.47 Å². The molecule has 1 aliphatic heterocycles. The van der Waals surface area contributed by atoms with Crippen LogP contribution >= 0.6 is 24.8 Å². The molecule has 9 heteroatoms. The Kier molecular flexibility index (Phi) is 11.3. The molecule has 0 bridgehead atoms. The van der Waals surface area contributed by atoms with Gasteiger partial charge in [-0.1, -0.05) is 36.4 Å². The third-order valence-electron chi connectivity index (χ3n) is 4.78. The predicted molar refractivity (Wildman–Crippen MR) is 116 cm³/mol. The molecule has 0 unspecified atom stereocenters. The Morgan fingerprint density at radius 2 is 1.33 bits per heavy atom. The number of alkyl halides is 3. The van der Waals surface area contributed by atoms with Crippen molar-refractivity contribution in [3.8, 4) is 11.5 Å². The second-order valence-electron chi connectivity index (χ2n) is 6.75. The molecule has 1 saturated heterocycles. The number of halogens is 5. The van der Waals surface area contributed by atoms with E-state index in [4.69, 9.17) is 4.74 Å². The molecule has 0 saturated carbocycles. The summed E-state index contributed by atoms with van der Waals surface area (Å²) in [5, 5.41) is 0. The van der Waals surface area contributed by atoms with Crippen LogP contribution in [-0.4, -0.2) is 62.0 Å². The van der Waals surface area contributed by atoms with Crippen LogP contribution in [0.25, 0.3) is 0 Å². The molecule has 0 N–H and O–H groups in total. The van der Waals surface area contributed by atoms with Gasteiger partial charge in [0.25, 0.3) is 0 Å². The van der Waals surface area contributed by atoms with Gasteiger partial charge in [-0.25, -0.2) is 0 Å². The van der Waals surface area contributed by atoms with Crippen LogP contribution in [0.2, 0.25) is 0 Å². The second-order valence-corrected chi connectivity index (χ2v) is 6.75. The average molecular weight is 467 g/mol. The fourth-order valence-electron chi connectivity index (χ4n) is 3.26. The Hall–Kier alpha value is -1.67. The summed E-state index contributed by atoms with van der Waals surface area (Å²) in [6.45, 7) is 5.88. The minimum absolute atomic E-state index is 0. The Labute approximate surface area is 187 Å². The van der Waals surface area contributed by atoms with Crippen LogP contribution in [0.4, 0.5) is 13.2 Å². The molecule has 0 spiro atoms. The van der Waals surface area contributed by atoms with Gasteiger partial charge in [0.2, 0.25) is 0 Å². The Balaban J connectivity index is 0.00000225. The molecular formula is C21H27Cl2F3N2O2. The van der Waals surface area contributed by atoms with Crippen molar-refractivity contribution in [3.63, 3.8) is 0 Å². The first-order chi connectivity index (χ1) is 13.5. The summed E-state index contributed by atoms with van der Waals surface area (Å²) in [5.41, 5.74) is 0.582. The SMILES string of the molecule is Cl.Cl.FC(F)(F)Oc1ccccc1CCN1CCN(CCOc2ccccc2)CC1. The summed E-state index contributed by atoms with van der Waals surface area (Å²) < 4.78 is 47.4. The second kappa shape index (κ2) is 12.9. The summed E-state index contributed by atoms with van der Waals surface area (Å²) in [7, 11) is 0. The molecule has 30 heavy (non-hydrogen) atoms. The maximum Gasteiger partial charge on any atom is 0.573 e. The van der Waals surface area contributed by atoms with Gasteiger partial charge >= 0.3 is 6.36 Å². The van der Waals surface area contributed by atoms with E-state index in [0.29, 0.717) is 25.1 Å². The largest absolute Gasteiger partial charge is 0.573 e. The number of piperazine rings is 1. The van der Waals surface area contributed by atoms with Crippen LogP contribution in [0, 0.1) is 0 Å². The number of benzene rings is 2. The molecule has 1 fully saturated rings. The van der Waals surface area contributed by atoms with Crippen molar-refractivity contribution in [2.45, 2.75) is 12.8 Å². The van der Waals surface area contributed by atoms with E-state index in [0.717, 1.165) is 38.5 Å². The van der Waals surface area contributed by atoms with E-state index >= 15 is 0 Å². The number of nitrogens with zero attached hydrogens (tertiary/aromatic N) is 2. The van der Waals surface area contributed by atoms with Gasteiger partial charge in [-0.05, 0) is 30.2 Å². The van der Waals surface area contributed by atoms with Crippen molar-refractivity contribution >= 4 is 24.8 Å². The Bertz CT molecular complexity index is 728. The predicted octanol–water partition coefficient (Wildman–Crippen LogP) is 4.67.